The number of carbonyl (C=O) groups is 1. The third-order valence-electron chi connectivity index (χ3n) is 0.810. The number of hydrogen-bond acceptors (Lipinski definition) is 3. The van der Waals surface area contributed by atoms with E-state index < -0.39 is 12.1 Å². The van der Waals surface area contributed by atoms with E-state index >= 15 is 0 Å². The first-order valence-electron chi connectivity index (χ1n) is 2.96. The SMILES string of the molecule is C1=NCCN1.O=C(O)C(F)(F)F. The smallest absolute Gasteiger partial charge is 0.475 e. The van der Waals surface area contributed by atoms with Crippen LogP contribution in [0.2, 0.25) is 0 Å². The van der Waals surface area contributed by atoms with Gasteiger partial charge < -0.3 is 10.4 Å². The molecule has 1 heterocycles. The highest BCUT2D eigenvalue weighted by Gasteiger charge is 2.38. The highest BCUT2D eigenvalue weighted by atomic mass is 19.4. The van der Waals surface area contributed by atoms with Gasteiger partial charge in [0.2, 0.25) is 0 Å². The number of nitrogens with one attached hydrogen (secondary N) is 1. The summed E-state index contributed by atoms with van der Waals surface area (Å²) in [6.07, 6.45) is -3.35. The van der Waals surface area contributed by atoms with Crippen LogP contribution < -0.4 is 5.32 Å². The van der Waals surface area contributed by atoms with E-state index in [0.717, 1.165) is 13.1 Å². The maximum Gasteiger partial charge on any atom is 0.490 e. The van der Waals surface area contributed by atoms with Crippen molar-refractivity contribution in [2.75, 3.05) is 13.1 Å². The van der Waals surface area contributed by atoms with Crippen LogP contribution >= 0.6 is 0 Å². The number of hydrogen-bond donors (Lipinski definition) is 2. The van der Waals surface area contributed by atoms with Gasteiger partial charge in [0.1, 0.15) is 0 Å². The third kappa shape index (κ3) is 5.51. The van der Waals surface area contributed by atoms with Crippen LogP contribution in [0, 0.1) is 0 Å². The Bertz CT molecular complexity index is 172. The Morgan fingerprint density at radius 2 is 2.08 bits per heavy atom. The molecule has 0 atom stereocenters. The number of rotatable bonds is 0. The van der Waals surface area contributed by atoms with E-state index in [1.54, 1.807) is 6.34 Å². The number of aliphatic imine (C=N–C) groups is 1. The zero-order chi connectivity index (χ0) is 9.61. The monoisotopic (exact) mass is 184 g/mol. The van der Waals surface area contributed by atoms with Crippen molar-refractivity contribution in [2.45, 2.75) is 6.18 Å². The molecule has 0 aliphatic carbocycles. The Labute approximate surface area is 66.1 Å². The van der Waals surface area contributed by atoms with Crippen LogP contribution in [-0.2, 0) is 4.79 Å². The summed E-state index contributed by atoms with van der Waals surface area (Å²) in [7, 11) is 0. The number of alkyl halides is 3. The molecule has 0 saturated heterocycles. The molecule has 0 bridgehead atoms. The predicted molar refractivity (Wildman–Crippen MR) is 35.1 cm³/mol. The quantitative estimate of drug-likeness (QED) is 0.567. The Hall–Kier alpha value is -1.27. The molecule has 0 spiro atoms. The first kappa shape index (κ1) is 10.7. The van der Waals surface area contributed by atoms with Crippen molar-refractivity contribution in [1.29, 1.82) is 0 Å². The fourth-order valence-corrected chi connectivity index (χ4v) is 0.323. The van der Waals surface area contributed by atoms with Gasteiger partial charge in [-0.25, -0.2) is 4.79 Å². The van der Waals surface area contributed by atoms with Gasteiger partial charge in [0.25, 0.3) is 0 Å². The average Bonchev–Trinajstić information content (AvgIpc) is 2.39. The second-order valence-electron chi connectivity index (χ2n) is 1.79. The lowest BCUT2D eigenvalue weighted by Gasteiger charge is -1.93. The van der Waals surface area contributed by atoms with E-state index in [2.05, 4.69) is 10.3 Å². The summed E-state index contributed by atoms with van der Waals surface area (Å²) in [5.74, 6) is -2.76. The number of halogens is 3. The standard InChI is InChI=1S/C3H6N2.C2HF3O2/c1-2-5-3-4-1;3-2(4,5)1(6)7/h3H,1-2H2,(H,4,5);(H,6,7). The van der Waals surface area contributed by atoms with Gasteiger partial charge in [-0.2, -0.15) is 13.2 Å². The van der Waals surface area contributed by atoms with Crippen LogP contribution in [-0.4, -0.2) is 36.7 Å². The lowest BCUT2D eigenvalue weighted by atomic mass is 10.7. The number of aliphatic carboxylic acids is 1. The second kappa shape index (κ2) is 4.58. The van der Waals surface area contributed by atoms with Crippen molar-refractivity contribution < 1.29 is 23.1 Å². The van der Waals surface area contributed by atoms with E-state index in [9.17, 15) is 13.2 Å². The molecule has 7 heteroatoms. The molecule has 0 unspecified atom stereocenters. The number of carboxylic acids is 1. The molecule has 12 heavy (non-hydrogen) atoms. The molecule has 1 aliphatic rings. The maximum absolute atomic E-state index is 10.6. The van der Waals surface area contributed by atoms with Crippen molar-refractivity contribution in [3.8, 4) is 0 Å². The van der Waals surface area contributed by atoms with E-state index in [1.807, 2.05) is 0 Å². The highest BCUT2D eigenvalue weighted by Crippen LogP contribution is 2.13. The molecular weight excluding hydrogens is 177 g/mol. The molecule has 1 aliphatic heterocycles. The van der Waals surface area contributed by atoms with Crippen LogP contribution in [0.15, 0.2) is 4.99 Å². The summed E-state index contributed by atoms with van der Waals surface area (Å²) in [5.41, 5.74) is 0. The Balaban J connectivity index is 0.000000211. The molecule has 0 aromatic heterocycles. The zero-order valence-electron chi connectivity index (χ0n) is 5.93. The summed E-state index contributed by atoms with van der Waals surface area (Å²) in [5, 5.41) is 10.1. The molecule has 0 aromatic rings. The average molecular weight is 184 g/mol. The molecule has 2 N–H and O–H groups in total. The minimum absolute atomic E-state index is 0.958. The number of nitrogens with zero attached hydrogens (tertiary/aromatic N) is 1. The molecule has 1 rings (SSSR count). The Morgan fingerprint density at radius 1 is 1.58 bits per heavy atom. The largest absolute Gasteiger partial charge is 0.490 e. The fraction of sp³-hybridized carbons (Fsp3) is 0.600. The van der Waals surface area contributed by atoms with E-state index in [0.29, 0.717) is 0 Å². The molecule has 0 radical (unpaired) electrons. The molecule has 4 nitrogen and oxygen atoms in total. The Morgan fingerprint density at radius 3 is 2.17 bits per heavy atom. The molecule has 0 amide bonds. The third-order valence-corrected chi connectivity index (χ3v) is 0.810. The highest BCUT2D eigenvalue weighted by molar-refractivity contribution is 5.73. The van der Waals surface area contributed by atoms with E-state index in [-0.39, 0.29) is 0 Å². The summed E-state index contributed by atoms with van der Waals surface area (Å²) in [6, 6.07) is 0. The van der Waals surface area contributed by atoms with Gasteiger partial charge >= 0.3 is 12.1 Å². The van der Waals surface area contributed by atoms with Crippen molar-refractivity contribution in [1.82, 2.24) is 5.32 Å². The molecular formula is C5H7F3N2O2. The summed E-state index contributed by atoms with van der Waals surface area (Å²) >= 11 is 0. The molecule has 0 saturated carbocycles. The Kier molecular flexibility index (Phi) is 4.09. The van der Waals surface area contributed by atoms with Crippen molar-refractivity contribution in [2.24, 2.45) is 4.99 Å². The van der Waals surface area contributed by atoms with Crippen molar-refractivity contribution in [3.63, 3.8) is 0 Å². The lowest BCUT2D eigenvalue weighted by Crippen LogP contribution is -2.21. The van der Waals surface area contributed by atoms with Crippen molar-refractivity contribution >= 4 is 12.3 Å². The van der Waals surface area contributed by atoms with Gasteiger partial charge in [0.15, 0.2) is 0 Å². The van der Waals surface area contributed by atoms with Crippen molar-refractivity contribution in [3.05, 3.63) is 0 Å². The van der Waals surface area contributed by atoms with Crippen LogP contribution in [0.25, 0.3) is 0 Å². The normalized spacial score (nSPS) is 14.6. The van der Waals surface area contributed by atoms with Gasteiger partial charge in [0.05, 0.1) is 12.9 Å². The summed E-state index contributed by atoms with van der Waals surface area (Å²) < 4.78 is 31.7. The first-order valence-corrected chi connectivity index (χ1v) is 2.96. The maximum atomic E-state index is 10.6. The van der Waals surface area contributed by atoms with Crippen LogP contribution in [0.1, 0.15) is 0 Å². The van der Waals surface area contributed by atoms with Crippen LogP contribution in [0.5, 0.6) is 0 Å². The summed E-state index contributed by atoms with van der Waals surface area (Å²) in [6.45, 7) is 1.99. The minimum atomic E-state index is -5.08. The lowest BCUT2D eigenvalue weighted by molar-refractivity contribution is -0.192. The van der Waals surface area contributed by atoms with E-state index in [1.165, 1.54) is 0 Å². The minimum Gasteiger partial charge on any atom is -0.475 e. The summed E-state index contributed by atoms with van der Waals surface area (Å²) in [4.78, 5) is 12.7. The molecule has 0 aromatic carbocycles. The second-order valence-corrected chi connectivity index (χ2v) is 1.79. The molecule has 0 fully saturated rings. The number of carboxylic acid groups (broad SMARTS) is 1. The van der Waals surface area contributed by atoms with Gasteiger partial charge in [0, 0.05) is 6.54 Å². The van der Waals surface area contributed by atoms with Gasteiger partial charge in [-0.05, 0) is 0 Å². The fourth-order valence-electron chi connectivity index (χ4n) is 0.323. The first-order chi connectivity index (χ1) is 5.44. The van der Waals surface area contributed by atoms with Gasteiger partial charge in [-0.1, -0.05) is 0 Å². The topological polar surface area (TPSA) is 61.7 Å². The van der Waals surface area contributed by atoms with Crippen LogP contribution in [0.3, 0.4) is 0 Å². The van der Waals surface area contributed by atoms with E-state index in [4.69, 9.17) is 9.90 Å². The zero-order valence-corrected chi connectivity index (χ0v) is 5.93. The molecule has 70 valence electrons. The predicted octanol–water partition coefficient (Wildman–Crippen LogP) is 0.251. The van der Waals surface area contributed by atoms with Crippen LogP contribution in [0.4, 0.5) is 13.2 Å². The van der Waals surface area contributed by atoms with Gasteiger partial charge in [-0.15, -0.1) is 0 Å². The van der Waals surface area contributed by atoms with Gasteiger partial charge in [-0.3, -0.25) is 4.99 Å².